The third-order valence-corrected chi connectivity index (χ3v) is 5.26. The number of ether oxygens (including phenoxy) is 2. The molecule has 0 aliphatic carbocycles. The van der Waals surface area contributed by atoms with E-state index in [1.165, 1.54) is 10.5 Å². The number of nitrogens with zero attached hydrogens (tertiary/aromatic N) is 2. The van der Waals surface area contributed by atoms with Gasteiger partial charge in [-0.1, -0.05) is 18.2 Å². The number of para-hydroxylation sites is 2. The molecule has 2 aromatic heterocycles. The highest BCUT2D eigenvalue weighted by molar-refractivity contribution is 5.93. The van der Waals surface area contributed by atoms with Gasteiger partial charge in [0.2, 0.25) is 0 Å². The fourth-order valence-electron chi connectivity index (χ4n) is 3.31. The first-order valence-electron chi connectivity index (χ1n) is 10.6. The summed E-state index contributed by atoms with van der Waals surface area (Å²) in [4.78, 5) is 29.3. The monoisotopic (exact) mass is 443 g/mol. The van der Waals surface area contributed by atoms with Crippen molar-refractivity contribution in [2.24, 2.45) is 0 Å². The number of amides is 1. The standard InChI is InChI=1S/C26H25N3O4/c1-17-10-11-29-24(12-17)27-20(14-26(29)31)15-33-23-7-5-4-6-22(23)28-25(30)16-32-21-9-8-18(2)19(3)13-21/h4-14H,15-16H2,1-3H3,(H,28,30). The zero-order valence-corrected chi connectivity index (χ0v) is 18.8. The van der Waals surface area contributed by atoms with Gasteiger partial charge in [-0.25, -0.2) is 4.98 Å². The van der Waals surface area contributed by atoms with E-state index in [2.05, 4.69) is 10.3 Å². The van der Waals surface area contributed by atoms with Crippen molar-refractivity contribution in [3.05, 3.63) is 99.6 Å². The van der Waals surface area contributed by atoms with Crippen LogP contribution in [0.4, 0.5) is 5.69 Å². The summed E-state index contributed by atoms with van der Waals surface area (Å²) in [6.45, 7) is 5.92. The molecule has 0 saturated heterocycles. The minimum Gasteiger partial charge on any atom is -0.485 e. The summed E-state index contributed by atoms with van der Waals surface area (Å²) >= 11 is 0. The second-order valence-corrected chi connectivity index (χ2v) is 7.89. The number of carbonyl (C=O) groups excluding carboxylic acids is 1. The lowest BCUT2D eigenvalue weighted by molar-refractivity contribution is -0.118. The van der Waals surface area contributed by atoms with Gasteiger partial charge in [-0.2, -0.15) is 0 Å². The van der Waals surface area contributed by atoms with Crippen LogP contribution in [0.5, 0.6) is 11.5 Å². The van der Waals surface area contributed by atoms with Crippen molar-refractivity contribution in [1.82, 2.24) is 9.38 Å². The highest BCUT2D eigenvalue weighted by Gasteiger charge is 2.10. The maximum absolute atomic E-state index is 12.4. The summed E-state index contributed by atoms with van der Waals surface area (Å²) in [6, 6.07) is 17.9. The number of rotatable bonds is 7. The third-order valence-electron chi connectivity index (χ3n) is 5.26. The lowest BCUT2D eigenvalue weighted by Crippen LogP contribution is -2.20. The zero-order valence-electron chi connectivity index (χ0n) is 18.8. The number of aryl methyl sites for hydroxylation is 3. The van der Waals surface area contributed by atoms with Crippen molar-refractivity contribution in [1.29, 1.82) is 0 Å². The Morgan fingerprint density at radius 1 is 0.970 bits per heavy atom. The number of hydrogen-bond donors (Lipinski definition) is 1. The molecular formula is C26H25N3O4. The molecule has 0 aliphatic rings. The van der Waals surface area contributed by atoms with E-state index < -0.39 is 0 Å². The molecule has 0 spiro atoms. The summed E-state index contributed by atoms with van der Waals surface area (Å²) in [7, 11) is 0. The van der Waals surface area contributed by atoms with Crippen molar-refractivity contribution < 1.29 is 14.3 Å². The van der Waals surface area contributed by atoms with Gasteiger partial charge in [0.15, 0.2) is 6.61 Å². The van der Waals surface area contributed by atoms with Crippen LogP contribution < -0.4 is 20.3 Å². The average Bonchev–Trinajstić information content (AvgIpc) is 2.79. The van der Waals surface area contributed by atoms with E-state index in [1.807, 2.05) is 57.2 Å². The van der Waals surface area contributed by atoms with Gasteiger partial charge in [0.05, 0.1) is 11.4 Å². The summed E-state index contributed by atoms with van der Waals surface area (Å²) in [6.07, 6.45) is 1.70. The summed E-state index contributed by atoms with van der Waals surface area (Å²) in [5, 5.41) is 2.82. The van der Waals surface area contributed by atoms with Crippen LogP contribution in [0.1, 0.15) is 22.4 Å². The highest BCUT2D eigenvalue weighted by atomic mass is 16.5. The Kier molecular flexibility index (Phi) is 6.40. The molecular weight excluding hydrogens is 418 g/mol. The van der Waals surface area contributed by atoms with Crippen LogP contribution in [0.15, 0.2) is 71.7 Å². The van der Waals surface area contributed by atoms with Crippen molar-refractivity contribution in [3.8, 4) is 11.5 Å². The normalized spacial score (nSPS) is 10.8. The molecule has 0 atom stereocenters. The van der Waals surface area contributed by atoms with E-state index in [1.54, 1.807) is 24.4 Å². The van der Waals surface area contributed by atoms with Crippen molar-refractivity contribution in [2.45, 2.75) is 27.4 Å². The number of fused-ring (bicyclic) bond motifs is 1. The Labute approximate surface area is 191 Å². The molecule has 1 amide bonds. The molecule has 0 aliphatic heterocycles. The molecule has 4 rings (SSSR count). The fourth-order valence-corrected chi connectivity index (χ4v) is 3.31. The van der Waals surface area contributed by atoms with E-state index in [-0.39, 0.29) is 24.7 Å². The number of anilines is 1. The molecule has 0 saturated carbocycles. The molecule has 0 bridgehead atoms. The van der Waals surface area contributed by atoms with E-state index in [9.17, 15) is 9.59 Å². The van der Waals surface area contributed by atoms with Gasteiger partial charge in [0, 0.05) is 12.3 Å². The Bertz CT molecular complexity index is 1380. The number of nitrogens with one attached hydrogen (secondary N) is 1. The zero-order chi connectivity index (χ0) is 23.4. The molecule has 2 aromatic carbocycles. The molecule has 1 N–H and O–H groups in total. The first kappa shape index (κ1) is 22.1. The molecule has 0 unspecified atom stereocenters. The highest BCUT2D eigenvalue weighted by Crippen LogP contribution is 2.25. The van der Waals surface area contributed by atoms with Crippen molar-refractivity contribution in [3.63, 3.8) is 0 Å². The number of hydrogen-bond acceptors (Lipinski definition) is 5. The largest absolute Gasteiger partial charge is 0.485 e. The SMILES string of the molecule is Cc1ccn2c(=O)cc(COc3ccccc3NC(=O)COc3ccc(C)c(C)c3)nc2c1. The van der Waals surface area contributed by atoms with Crippen LogP contribution in [-0.2, 0) is 11.4 Å². The number of pyridine rings is 1. The van der Waals surface area contributed by atoms with Crippen molar-refractivity contribution >= 4 is 17.2 Å². The minimum absolute atomic E-state index is 0.0890. The van der Waals surface area contributed by atoms with Crippen LogP contribution in [0.25, 0.3) is 5.65 Å². The maximum Gasteiger partial charge on any atom is 0.262 e. The van der Waals surface area contributed by atoms with Crippen molar-refractivity contribution in [2.75, 3.05) is 11.9 Å². The Morgan fingerprint density at radius 2 is 1.79 bits per heavy atom. The Morgan fingerprint density at radius 3 is 2.61 bits per heavy atom. The van der Waals surface area contributed by atoms with Gasteiger partial charge < -0.3 is 14.8 Å². The van der Waals surface area contributed by atoms with Crippen LogP contribution >= 0.6 is 0 Å². The molecule has 7 nitrogen and oxygen atoms in total. The van der Waals surface area contributed by atoms with Crippen LogP contribution in [0.2, 0.25) is 0 Å². The van der Waals surface area contributed by atoms with E-state index in [0.717, 1.165) is 16.7 Å². The molecule has 2 heterocycles. The van der Waals surface area contributed by atoms with E-state index in [4.69, 9.17) is 9.47 Å². The first-order chi connectivity index (χ1) is 15.9. The lowest BCUT2D eigenvalue weighted by atomic mass is 10.1. The topological polar surface area (TPSA) is 81.9 Å². The molecule has 168 valence electrons. The summed E-state index contributed by atoms with van der Waals surface area (Å²) in [5.41, 5.74) is 4.68. The molecule has 0 fully saturated rings. The lowest BCUT2D eigenvalue weighted by Gasteiger charge is -2.13. The van der Waals surface area contributed by atoms with Gasteiger partial charge in [0.1, 0.15) is 23.8 Å². The van der Waals surface area contributed by atoms with Gasteiger partial charge in [-0.15, -0.1) is 0 Å². The maximum atomic E-state index is 12.4. The average molecular weight is 444 g/mol. The predicted octanol–water partition coefficient (Wildman–Crippen LogP) is 4.22. The number of aromatic nitrogens is 2. The second-order valence-electron chi connectivity index (χ2n) is 7.89. The van der Waals surface area contributed by atoms with Crippen LogP contribution in [-0.4, -0.2) is 21.9 Å². The minimum atomic E-state index is -0.304. The fraction of sp³-hybridized carbons (Fsp3) is 0.192. The molecule has 7 heteroatoms. The first-order valence-corrected chi connectivity index (χ1v) is 10.6. The van der Waals surface area contributed by atoms with Gasteiger partial charge in [-0.05, 0) is 73.9 Å². The van der Waals surface area contributed by atoms with Gasteiger partial charge in [0.25, 0.3) is 11.5 Å². The summed E-state index contributed by atoms with van der Waals surface area (Å²) in [5.74, 6) is 0.812. The van der Waals surface area contributed by atoms with Gasteiger partial charge in [-0.3, -0.25) is 14.0 Å². The Balaban J connectivity index is 1.42. The Hall–Kier alpha value is -4.13. The molecule has 33 heavy (non-hydrogen) atoms. The smallest absolute Gasteiger partial charge is 0.262 e. The number of benzene rings is 2. The van der Waals surface area contributed by atoms with Crippen LogP contribution in [0.3, 0.4) is 0 Å². The third kappa shape index (κ3) is 5.38. The van der Waals surface area contributed by atoms with Crippen LogP contribution in [0, 0.1) is 20.8 Å². The number of carbonyl (C=O) groups is 1. The second kappa shape index (κ2) is 9.56. The van der Waals surface area contributed by atoms with Gasteiger partial charge >= 0.3 is 0 Å². The quantitative estimate of drug-likeness (QED) is 0.463. The molecule has 0 radical (unpaired) electrons. The van der Waals surface area contributed by atoms with E-state index in [0.29, 0.717) is 28.5 Å². The summed E-state index contributed by atoms with van der Waals surface area (Å²) < 4.78 is 13.0. The molecule has 4 aromatic rings. The predicted molar refractivity (Wildman–Crippen MR) is 127 cm³/mol. The van der Waals surface area contributed by atoms with E-state index >= 15 is 0 Å².